The average molecular weight is 392 g/mol. The predicted octanol–water partition coefficient (Wildman–Crippen LogP) is 3.12. The molecule has 0 atom stereocenters. The Bertz CT molecular complexity index is 1010. The van der Waals surface area contributed by atoms with E-state index in [1.807, 2.05) is 13.0 Å². The Morgan fingerprint density at radius 3 is 2.69 bits per heavy atom. The van der Waals surface area contributed by atoms with Crippen molar-refractivity contribution in [2.24, 2.45) is 0 Å². The molecule has 1 aromatic carbocycles. The van der Waals surface area contributed by atoms with E-state index in [2.05, 4.69) is 44.6 Å². The van der Waals surface area contributed by atoms with Crippen molar-refractivity contribution in [2.75, 3.05) is 31.2 Å². The molecule has 4 rings (SSSR count). The van der Waals surface area contributed by atoms with Crippen molar-refractivity contribution in [3.63, 3.8) is 0 Å². The minimum absolute atomic E-state index is 0.254. The molecule has 3 heterocycles. The fourth-order valence-corrected chi connectivity index (χ4v) is 3.48. The number of hydrogen-bond acceptors (Lipinski definition) is 6. The van der Waals surface area contributed by atoms with Crippen LogP contribution < -0.4 is 10.2 Å². The summed E-state index contributed by atoms with van der Waals surface area (Å²) < 4.78 is 10.5. The third-order valence-electron chi connectivity index (χ3n) is 4.97. The molecule has 0 aliphatic carbocycles. The second kappa shape index (κ2) is 8.45. The lowest BCUT2D eigenvalue weighted by molar-refractivity contribution is 0.0942. The van der Waals surface area contributed by atoms with E-state index in [-0.39, 0.29) is 11.6 Å². The van der Waals surface area contributed by atoms with Crippen LogP contribution in [0, 0.1) is 13.8 Å². The van der Waals surface area contributed by atoms with E-state index in [0.717, 1.165) is 54.4 Å². The highest BCUT2D eigenvalue weighted by Crippen LogP contribution is 2.29. The third-order valence-corrected chi connectivity index (χ3v) is 4.97. The zero-order valence-corrected chi connectivity index (χ0v) is 16.6. The molecule has 0 spiro atoms. The van der Waals surface area contributed by atoms with Crippen LogP contribution in [0.1, 0.15) is 27.5 Å². The standard InChI is InChI=1S/C22H24N4O3/c1-15-11-17(5-6-23-15)20-4-3-19(26-7-9-28-10-8-26)13-18(20)14-24-22(27)21-12-16(2)29-25-21/h3-6,11-13H,7-10,14H2,1-2H3,(H,24,27). The highest BCUT2D eigenvalue weighted by Gasteiger charge is 2.16. The number of amides is 1. The summed E-state index contributed by atoms with van der Waals surface area (Å²) in [4.78, 5) is 19.0. The van der Waals surface area contributed by atoms with Crippen LogP contribution in [-0.4, -0.2) is 42.4 Å². The van der Waals surface area contributed by atoms with Crippen molar-refractivity contribution in [2.45, 2.75) is 20.4 Å². The Labute approximate surface area is 169 Å². The number of carbonyl (C=O) groups excluding carboxylic acids is 1. The van der Waals surface area contributed by atoms with Gasteiger partial charge in [0.15, 0.2) is 5.69 Å². The maximum Gasteiger partial charge on any atom is 0.273 e. The van der Waals surface area contributed by atoms with E-state index >= 15 is 0 Å². The highest BCUT2D eigenvalue weighted by molar-refractivity contribution is 5.92. The van der Waals surface area contributed by atoms with E-state index in [1.165, 1.54) is 0 Å². The maximum atomic E-state index is 12.4. The third kappa shape index (κ3) is 4.46. The monoisotopic (exact) mass is 392 g/mol. The number of aryl methyl sites for hydroxylation is 2. The summed E-state index contributed by atoms with van der Waals surface area (Å²) in [6.07, 6.45) is 1.81. The molecule has 1 amide bonds. The summed E-state index contributed by atoms with van der Waals surface area (Å²) in [5.74, 6) is 0.355. The molecule has 1 fully saturated rings. The number of pyridine rings is 1. The van der Waals surface area contributed by atoms with Gasteiger partial charge < -0.3 is 19.5 Å². The van der Waals surface area contributed by atoms with Gasteiger partial charge in [-0.1, -0.05) is 11.2 Å². The predicted molar refractivity (Wildman–Crippen MR) is 110 cm³/mol. The molecule has 7 heteroatoms. The van der Waals surface area contributed by atoms with E-state index < -0.39 is 0 Å². The van der Waals surface area contributed by atoms with Crippen LogP contribution in [0.5, 0.6) is 0 Å². The smallest absolute Gasteiger partial charge is 0.273 e. The second-order valence-electron chi connectivity index (χ2n) is 7.13. The highest BCUT2D eigenvalue weighted by atomic mass is 16.5. The first kappa shape index (κ1) is 19.1. The van der Waals surface area contributed by atoms with Gasteiger partial charge in [-0.05, 0) is 54.8 Å². The lowest BCUT2D eigenvalue weighted by Crippen LogP contribution is -2.36. The van der Waals surface area contributed by atoms with E-state index in [0.29, 0.717) is 12.3 Å². The first-order valence-electron chi connectivity index (χ1n) is 9.70. The molecule has 150 valence electrons. The molecule has 0 unspecified atom stereocenters. The summed E-state index contributed by atoms with van der Waals surface area (Å²) in [6.45, 7) is 7.29. The average Bonchev–Trinajstić information content (AvgIpc) is 3.19. The van der Waals surface area contributed by atoms with Crippen molar-refractivity contribution in [1.82, 2.24) is 15.5 Å². The SMILES string of the molecule is Cc1cc(-c2ccc(N3CCOCC3)cc2CNC(=O)c2cc(C)on2)ccn1. The van der Waals surface area contributed by atoms with Crippen LogP contribution in [-0.2, 0) is 11.3 Å². The molecule has 0 bridgehead atoms. The van der Waals surface area contributed by atoms with Gasteiger partial charge in [0, 0.05) is 43.3 Å². The molecule has 0 radical (unpaired) electrons. The van der Waals surface area contributed by atoms with Crippen molar-refractivity contribution < 1.29 is 14.1 Å². The number of carbonyl (C=O) groups is 1. The molecule has 7 nitrogen and oxygen atoms in total. The van der Waals surface area contributed by atoms with Crippen LogP contribution in [0.25, 0.3) is 11.1 Å². The van der Waals surface area contributed by atoms with Gasteiger partial charge in [0.2, 0.25) is 0 Å². The quantitative estimate of drug-likeness (QED) is 0.719. The number of ether oxygens (including phenoxy) is 1. The molecule has 1 N–H and O–H groups in total. The lowest BCUT2D eigenvalue weighted by atomic mass is 9.98. The van der Waals surface area contributed by atoms with Gasteiger partial charge >= 0.3 is 0 Å². The molecule has 1 saturated heterocycles. The van der Waals surface area contributed by atoms with E-state index in [4.69, 9.17) is 9.26 Å². The van der Waals surface area contributed by atoms with Gasteiger partial charge in [-0.25, -0.2) is 0 Å². The van der Waals surface area contributed by atoms with Crippen LogP contribution in [0.4, 0.5) is 5.69 Å². The number of nitrogens with zero attached hydrogens (tertiary/aromatic N) is 3. The maximum absolute atomic E-state index is 12.4. The van der Waals surface area contributed by atoms with Crippen molar-refractivity contribution in [3.05, 3.63) is 65.3 Å². The first-order valence-corrected chi connectivity index (χ1v) is 9.70. The summed E-state index contributed by atoms with van der Waals surface area (Å²) >= 11 is 0. The Balaban J connectivity index is 1.62. The largest absolute Gasteiger partial charge is 0.378 e. The number of morpholine rings is 1. The lowest BCUT2D eigenvalue weighted by Gasteiger charge is -2.29. The molecule has 3 aromatic rings. The van der Waals surface area contributed by atoms with Gasteiger partial charge in [0.1, 0.15) is 5.76 Å². The summed E-state index contributed by atoms with van der Waals surface area (Å²) in [5, 5.41) is 6.76. The Morgan fingerprint density at radius 1 is 1.14 bits per heavy atom. The van der Waals surface area contributed by atoms with Crippen molar-refractivity contribution >= 4 is 11.6 Å². The number of benzene rings is 1. The van der Waals surface area contributed by atoms with Crippen LogP contribution in [0.3, 0.4) is 0 Å². The second-order valence-corrected chi connectivity index (χ2v) is 7.13. The van der Waals surface area contributed by atoms with Crippen LogP contribution >= 0.6 is 0 Å². The zero-order valence-electron chi connectivity index (χ0n) is 16.6. The Morgan fingerprint density at radius 2 is 1.97 bits per heavy atom. The van der Waals surface area contributed by atoms with Gasteiger partial charge in [-0.2, -0.15) is 0 Å². The van der Waals surface area contributed by atoms with Crippen molar-refractivity contribution in [1.29, 1.82) is 0 Å². The van der Waals surface area contributed by atoms with Gasteiger partial charge in [0.25, 0.3) is 5.91 Å². The minimum Gasteiger partial charge on any atom is -0.378 e. The molecule has 1 aliphatic rings. The fourth-order valence-electron chi connectivity index (χ4n) is 3.48. The van der Waals surface area contributed by atoms with Gasteiger partial charge in [0.05, 0.1) is 13.2 Å². The van der Waals surface area contributed by atoms with Gasteiger partial charge in [-0.15, -0.1) is 0 Å². The molecular weight excluding hydrogens is 368 g/mol. The van der Waals surface area contributed by atoms with Crippen LogP contribution in [0.15, 0.2) is 47.1 Å². The summed E-state index contributed by atoms with van der Waals surface area (Å²) in [6, 6.07) is 12.1. The van der Waals surface area contributed by atoms with Crippen LogP contribution in [0.2, 0.25) is 0 Å². The molecule has 2 aromatic heterocycles. The van der Waals surface area contributed by atoms with Gasteiger partial charge in [-0.3, -0.25) is 9.78 Å². The molecular formula is C22H24N4O3. The minimum atomic E-state index is -0.254. The summed E-state index contributed by atoms with van der Waals surface area (Å²) in [5.41, 5.74) is 5.55. The number of anilines is 1. The first-order chi connectivity index (χ1) is 14.1. The Hall–Kier alpha value is -3.19. The Kier molecular flexibility index (Phi) is 5.57. The summed E-state index contributed by atoms with van der Waals surface area (Å²) in [7, 11) is 0. The molecule has 1 aliphatic heterocycles. The normalized spacial score (nSPS) is 14.1. The molecule has 0 saturated carbocycles. The number of rotatable bonds is 5. The number of aromatic nitrogens is 2. The number of hydrogen-bond donors (Lipinski definition) is 1. The number of nitrogens with one attached hydrogen (secondary N) is 1. The van der Waals surface area contributed by atoms with Crippen molar-refractivity contribution in [3.8, 4) is 11.1 Å². The van der Waals surface area contributed by atoms with E-state index in [1.54, 1.807) is 19.2 Å². The zero-order chi connectivity index (χ0) is 20.2. The fraction of sp³-hybridized carbons (Fsp3) is 0.318. The molecule has 29 heavy (non-hydrogen) atoms. The van der Waals surface area contributed by atoms with E-state index in [9.17, 15) is 4.79 Å². The topological polar surface area (TPSA) is 80.5 Å².